The Hall–Kier alpha value is -1.91. The van der Waals surface area contributed by atoms with Crippen molar-refractivity contribution in [2.45, 2.75) is 116 Å². The monoisotopic (exact) mass is 525 g/mol. The van der Waals surface area contributed by atoms with E-state index in [0.717, 1.165) is 68.7 Å². The molecule has 1 aliphatic carbocycles. The Morgan fingerprint density at radius 1 is 0.947 bits per heavy atom. The van der Waals surface area contributed by atoms with Crippen molar-refractivity contribution in [3.8, 4) is 5.75 Å². The highest BCUT2D eigenvalue weighted by Gasteiger charge is 2.42. The number of hydrogen-bond acceptors (Lipinski definition) is 3. The zero-order chi connectivity index (χ0) is 27.2. The van der Waals surface area contributed by atoms with Gasteiger partial charge in [0.2, 0.25) is 0 Å². The minimum Gasteiger partial charge on any atom is -0.494 e. The molecule has 0 bridgehead atoms. The summed E-state index contributed by atoms with van der Waals surface area (Å²) >= 11 is 0. The number of rotatable bonds is 18. The van der Waals surface area contributed by atoms with E-state index in [1.807, 2.05) is 6.07 Å². The summed E-state index contributed by atoms with van der Waals surface area (Å²) in [5.74, 6) is 1.14. The Morgan fingerprint density at radius 2 is 1.66 bits per heavy atom. The van der Waals surface area contributed by atoms with Crippen LogP contribution in [0.15, 0.2) is 42.5 Å². The van der Waals surface area contributed by atoms with Crippen molar-refractivity contribution in [2.75, 3.05) is 19.7 Å². The average molecular weight is 526 g/mol. The van der Waals surface area contributed by atoms with Gasteiger partial charge < -0.3 is 15.2 Å². The summed E-state index contributed by atoms with van der Waals surface area (Å²) in [7, 11) is 0. The largest absolute Gasteiger partial charge is 0.494 e. The molecular formula is C34H52FNO2. The number of ether oxygens (including phenoxy) is 1. The van der Waals surface area contributed by atoms with Crippen molar-refractivity contribution in [1.82, 2.24) is 5.32 Å². The Morgan fingerprint density at radius 3 is 2.37 bits per heavy atom. The number of aliphatic hydroxyl groups is 1. The van der Waals surface area contributed by atoms with Gasteiger partial charge in [0.15, 0.2) is 0 Å². The Balaban J connectivity index is 1.29. The number of halogens is 1. The molecule has 0 radical (unpaired) electrons. The second kappa shape index (κ2) is 16.3. The zero-order valence-corrected chi connectivity index (χ0v) is 24.2. The van der Waals surface area contributed by atoms with Crippen LogP contribution in [0.3, 0.4) is 0 Å². The van der Waals surface area contributed by atoms with E-state index < -0.39 is 5.60 Å². The van der Waals surface area contributed by atoms with Gasteiger partial charge >= 0.3 is 0 Å². The molecule has 212 valence electrons. The van der Waals surface area contributed by atoms with E-state index in [2.05, 4.69) is 50.4 Å². The molecule has 0 saturated heterocycles. The minimum atomic E-state index is -0.740. The molecule has 4 heteroatoms. The quantitative estimate of drug-likeness (QED) is 0.192. The van der Waals surface area contributed by atoms with Crippen LogP contribution in [0.4, 0.5) is 4.39 Å². The molecule has 0 amide bonds. The highest BCUT2D eigenvalue weighted by Crippen LogP contribution is 2.45. The third-order valence-electron chi connectivity index (χ3n) is 8.26. The van der Waals surface area contributed by atoms with Crippen molar-refractivity contribution in [3.05, 3.63) is 65.0 Å². The van der Waals surface area contributed by atoms with Gasteiger partial charge in [0, 0.05) is 5.92 Å². The molecule has 2 atom stereocenters. The van der Waals surface area contributed by atoms with Gasteiger partial charge in [-0.3, -0.25) is 0 Å². The molecule has 3 nitrogen and oxygen atoms in total. The van der Waals surface area contributed by atoms with E-state index in [4.69, 9.17) is 4.74 Å². The lowest BCUT2D eigenvalue weighted by molar-refractivity contribution is -0.0241. The first kappa shape index (κ1) is 30.6. The van der Waals surface area contributed by atoms with E-state index >= 15 is 0 Å². The highest BCUT2D eigenvalue weighted by molar-refractivity contribution is 5.37. The predicted molar refractivity (Wildman–Crippen MR) is 158 cm³/mol. The standard InChI is InChI=1S/C34H52FNO2/c1-4-5-6-7-8-9-10-11-25-38-31-17-14-28(15-18-31)13-12-23-36-24-22-34(37)21-20-29-26-30(35)16-19-32(29)33(34)27(2)3/h14-19,26-27,33,36-37H,4-13,20-25H2,1-3H3. The van der Waals surface area contributed by atoms with E-state index in [1.165, 1.54) is 56.6 Å². The number of fused-ring (bicyclic) bond motifs is 1. The number of nitrogens with one attached hydrogen (secondary N) is 1. The van der Waals surface area contributed by atoms with Crippen molar-refractivity contribution in [3.63, 3.8) is 0 Å². The Kier molecular flexibility index (Phi) is 13.1. The van der Waals surface area contributed by atoms with Gasteiger partial charge in [-0.25, -0.2) is 4.39 Å². The predicted octanol–water partition coefficient (Wildman–Crippen LogP) is 8.37. The molecule has 0 spiro atoms. The molecule has 2 aromatic rings. The number of aryl methyl sites for hydroxylation is 2. The molecule has 0 heterocycles. The van der Waals surface area contributed by atoms with Gasteiger partial charge in [-0.05, 0) is 98.5 Å². The van der Waals surface area contributed by atoms with Crippen molar-refractivity contribution in [1.29, 1.82) is 0 Å². The van der Waals surface area contributed by atoms with Crippen LogP contribution in [0.2, 0.25) is 0 Å². The molecule has 3 rings (SSSR count). The van der Waals surface area contributed by atoms with E-state index in [9.17, 15) is 9.50 Å². The molecule has 2 aromatic carbocycles. The maximum Gasteiger partial charge on any atom is 0.123 e. The van der Waals surface area contributed by atoms with Gasteiger partial charge in [-0.2, -0.15) is 0 Å². The second-order valence-corrected chi connectivity index (χ2v) is 11.7. The van der Waals surface area contributed by atoms with Crippen LogP contribution < -0.4 is 10.1 Å². The first-order chi connectivity index (χ1) is 18.4. The first-order valence-electron chi connectivity index (χ1n) is 15.4. The summed E-state index contributed by atoms with van der Waals surface area (Å²) in [5, 5.41) is 15.1. The van der Waals surface area contributed by atoms with Crippen LogP contribution in [0.25, 0.3) is 0 Å². The van der Waals surface area contributed by atoms with E-state index in [-0.39, 0.29) is 11.7 Å². The minimum absolute atomic E-state index is 0.0462. The first-order valence-corrected chi connectivity index (χ1v) is 15.4. The summed E-state index contributed by atoms with van der Waals surface area (Å²) in [5.41, 5.74) is 2.78. The second-order valence-electron chi connectivity index (χ2n) is 11.7. The molecule has 0 saturated carbocycles. The molecule has 2 N–H and O–H groups in total. The summed E-state index contributed by atoms with van der Waals surface area (Å²) < 4.78 is 19.7. The summed E-state index contributed by atoms with van der Waals surface area (Å²) in [6.07, 6.45) is 14.8. The average Bonchev–Trinajstić information content (AvgIpc) is 2.90. The van der Waals surface area contributed by atoms with Crippen molar-refractivity contribution in [2.24, 2.45) is 5.92 Å². The Labute approximate surface area is 231 Å². The normalized spacial score (nSPS) is 19.1. The highest BCUT2D eigenvalue weighted by atomic mass is 19.1. The van der Waals surface area contributed by atoms with Crippen molar-refractivity contribution >= 4 is 0 Å². The molecule has 0 fully saturated rings. The van der Waals surface area contributed by atoms with Gasteiger partial charge in [0.1, 0.15) is 11.6 Å². The lowest BCUT2D eigenvalue weighted by Gasteiger charge is -2.44. The smallest absolute Gasteiger partial charge is 0.123 e. The molecule has 0 aliphatic heterocycles. The van der Waals surface area contributed by atoms with Crippen LogP contribution >= 0.6 is 0 Å². The molecule has 0 aromatic heterocycles. The van der Waals surface area contributed by atoms with Crippen LogP contribution in [-0.4, -0.2) is 30.4 Å². The number of unbranched alkanes of at least 4 members (excludes halogenated alkanes) is 7. The maximum absolute atomic E-state index is 13.7. The van der Waals surface area contributed by atoms with E-state index in [1.54, 1.807) is 6.07 Å². The molecule has 1 aliphatic rings. The maximum atomic E-state index is 13.7. The summed E-state index contributed by atoms with van der Waals surface area (Å²) in [6.45, 7) is 9.12. The fourth-order valence-corrected chi connectivity index (χ4v) is 6.18. The third kappa shape index (κ3) is 9.68. The number of benzene rings is 2. The van der Waals surface area contributed by atoms with Gasteiger partial charge in [-0.15, -0.1) is 0 Å². The number of hydrogen-bond donors (Lipinski definition) is 2. The van der Waals surface area contributed by atoms with Crippen LogP contribution in [0.1, 0.15) is 114 Å². The molecule has 38 heavy (non-hydrogen) atoms. The van der Waals surface area contributed by atoms with Crippen LogP contribution in [-0.2, 0) is 12.8 Å². The third-order valence-corrected chi connectivity index (χ3v) is 8.26. The van der Waals surface area contributed by atoms with Crippen molar-refractivity contribution < 1.29 is 14.2 Å². The molecule has 2 unspecified atom stereocenters. The lowest BCUT2D eigenvalue weighted by Crippen LogP contribution is -2.45. The van der Waals surface area contributed by atoms with Crippen LogP contribution in [0.5, 0.6) is 5.75 Å². The van der Waals surface area contributed by atoms with Gasteiger partial charge in [0.05, 0.1) is 12.2 Å². The van der Waals surface area contributed by atoms with Gasteiger partial charge in [-0.1, -0.05) is 83.9 Å². The fraction of sp³-hybridized carbons (Fsp3) is 0.647. The topological polar surface area (TPSA) is 41.5 Å². The summed E-state index contributed by atoms with van der Waals surface area (Å²) in [6, 6.07) is 13.6. The lowest BCUT2D eigenvalue weighted by atomic mass is 9.66. The van der Waals surface area contributed by atoms with Crippen LogP contribution in [0, 0.1) is 11.7 Å². The van der Waals surface area contributed by atoms with E-state index in [0.29, 0.717) is 12.3 Å². The summed E-state index contributed by atoms with van der Waals surface area (Å²) in [4.78, 5) is 0. The SMILES string of the molecule is CCCCCCCCCCOc1ccc(CCCNCCC2(O)CCc3cc(F)ccc3C2C(C)C)cc1. The van der Waals surface area contributed by atoms with Gasteiger partial charge in [0.25, 0.3) is 0 Å². The molecular weight excluding hydrogens is 473 g/mol. The fourth-order valence-electron chi connectivity index (χ4n) is 6.18. The Bertz CT molecular complexity index is 929. The zero-order valence-electron chi connectivity index (χ0n) is 24.2.